The van der Waals surface area contributed by atoms with Gasteiger partial charge in [-0.15, -0.1) is 0 Å². The van der Waals surface area contributed by atoms with Crippen molar-refractivity contribution in [1.82, 2.24) is 4.90 Å². The SMILES string of the molecule is CCCCN(Cc1ccc(F)cc1F)C(=O)COc1ccc(C[C@H](OCC)C(=O)O)cc1. The maximum absolute atomic E-state index is 14.0. The lowest BCUT2D eigenvalue weighted by atomic mass is 10.1. The minimum absolute atomic E-state index is 0.0290. The fourth-order valence-electron chi connectivity index (χ4n) is 3.09. The molecule has 32 heavy (non-hydrogen) atoms. The molecule has 6 nitrogen and oxygen atoms in total. The van der Waals surface area contributed by atoms with E-state index in [1.807, 2.05) is 6.92 Å². The first kappa shape index (κ1) is 25.3. The van der Waals surface area contributed by atoms with Crippen LogP contribution in [-0.2, 0) is 27.3 Å². The lowest BCUT2D eigenvalue weighted by Crippen LogP contribution is -2.35. The fraction of sp³-hybridized carbons (Fsp3) is 0.417. The van der Waals surface area contributed by atoms with E-state index in [0.29, 0.717) is 18.9 Å². The Morgan fingerprint density at radius 1 is 1.09 bits per heavy atom. The Balaban J connectivity index is 1.97. The van der Waals surface area contributed by atoms with Crippen LogP contribution in [0.1, 0.15) is 37.8 Å². The number of carbonyl (C=O) groups is 2. The maximum atomic E-state index is 14.0. The van der Waals surface area contributed by atoms with Crippen LogP contribution >= 0.6 is 0 Å². The van der Waals surface area contributed by atoms with Crippen molar-refractivity contribution in [1.29, 1.82) is 0 Å². The van der Waals surface area contributed by atoms with Gasteiger partial charge in [0, 0.05) is 37.7 Å². The van der Waals surface area contributed by atoms with Crippen molar-refractivity contribution in [2.75, 3.05) is 19.8 Å². The van der Waals surface area contributed by atoms with Crippen molar-refractivity contribution in [3.05, 3.63) is 65.2 Å². The lowest BCUT2D eigenvalue weighted by Gasteiger charge is -2.23. The predicted octanol–water partition coefficient (Wildman–Crippen LogP) is 4.20. The maximum Gasteiger partial charge on any atom is 0.333 e. The number of carbonyl (C=O) groups excluding carboxylic acids is 1. The van der Waals surface area contributed by atoms with E-state index >= 15 is 0 Å². The first-order valence-electron chi connectivity index (χ1n) is 10.6. The molecule has 0 fully saturated rings. The summed E-state index contributed by atoms with van der Waals surface area (Å²) in [5.74, 6) is -2.24. The average molecular weight is 449 g/mol. The Kier molecular flexibility index (Phi) is 10.1. The zero-order chi connectivity index (χ0) is 23.5. The highest BCUT2D eigenvalue weighted by Crippen LogP contribution is 2.16. The molecule has 0 unspecified atom stereocenters. The lowest BCUT2D eigenvalue weighted by molar-refractivity contribution is -0.150. The molecular formula is C24H29F2NO5. The zero-order valence-electron chi connectivity index (χ0n) is 18.4. The van der Waals surface area contributed by atoms with Gasteiger partial charge in [0.1, 0.15) is 17.4 Å². The van der Waals surface area contributed by atoms with Gasteiger partial charge in [0.2, 0.25) is 0 Å². The van der Waals surface area contributed by atoms with Crippen LogP contribution in [-0.4, -0.2) is 47.7 Å². The Morgan fingerprint density at radius 2 is 1.81 bits per heavy atom. The van der Waals surface area contributed by atoms with Crippen LogP contribution in [0.3, 0.4) is 0 Å². The summed E-state index contributed by atoms with van der Waals surface area (Å²) in [5, 5.41) is 9.18. The van der Waals surface area contributed by atoms with Crippen LogP contribution in [0, 0.1) is 11.6 Å². The van der Waals surface area contributed by atoms with Gasteiger partial charge in [-0.2, -0.15) is 0 Å². The van der Waals surface area contributed by atoms with Gasteiger partial charge in [0.25, 0.3) is 5.91 Å². The number of carboxylic acids is 1. The highest BCUT2D eigenvalue weighted by Gasteiger charge is 2.19. The third kappa shape index (κ3) is 7.92. The number of ether oxygens (including phenoxy) is 2. The van der Waals surface area contributed by atoms with E-state index in [1.165, 1.54) is 17.0 Å². The van der Waals surface area contributed by atoms with Gasteiger partial charge in [-0.05, 0) is 37.1 Å². The first-order chi connectivity index (χ1) is 15.3. The van der Waals surface area contributed by atoms with E-state index in [-0.39, 0.29) is 31.0 Å². The summed E-state index contributed by atoms with van der Waals surface area (Å²) in [6.45, 7) is 4.25. The standard InChI is InChI=1S/C24H29F2NO5/c1-3-5-12-27(15-18-8-9-19(25)14-21(18)26)23(28)16-32-20-10-6-17(7-11-20)13-22(24(29)30)31-4-2/h6-11,14,22H,3-5,12-13,15-16H2,1-2H3,(H,29,30)/t22-/m0/s1. The second-order valence-corrected chi connectivity index (χ2v) is 7.32. The number of amides is 1. The van der Waals surface area contributed by atoms with Crippen LogP contribution in [0.2, 0.25) is 0 Å². The van der Waals surface area contributed by atoms with Crippen molar-refractivity contribution in [3.8, 4) is 5.75 Å². The van der Waals surface area contributed by atoms with Gasteiger partial charge in [-0.25, -0.2) is 13.6 Å². The van der Waals surface area contributed by atoms with Gasteiger partial charge in [-0.1, -0.05) is 31.5 Å². The predicted molar refractivity (Wildman–Crippen MR) is 115 cm³/mol. The Morgan fingerprint density at radius 3 is 2.41 bits per heavy atom. The molecule has 2 aromatic rings. The minimum Gasteiger partial charge on any atom is -0.484 e. The molecule has 1 N–H and O–H groups in total. The van der Waals surface area contributed by atoms with Crippen LogP contribution in [0.15, 0.2) is 42.5 Å². The van der Waals surface area contributed by atoms with E-state index < -0.39 is 23.7 Å². The Hall–Kier alpha value is -3.00. The quantitative estimate of drug-likeness (QED) is 0.496. The smallest absolute Gasteiger partial charge is 0.333 e. The van der Waals surface area contributed by atoms with Crippen LogP contribution in [0.5, 0.6) is 5.75 Å². The molecule has 8 heteroatoms. The number of carboxylic acid groups (broad SMARTS) is 1. The van der Waals surface area contributed by atoms with Crippen LogP contribution in [0.25, 0.3) is 0 Å². The second kappa shape index (κ2) is 12.8. The summed E-state index contributed by atoms with van der Waals surface area (Å²) in [4.78, 5) is 25.4. The second-order valence-electron chi connectivity index (χ2n) is 7.32. The molecule has 0 spiro atoms. The molecule has 0 heterocycles. The third-order valence-corrected chi connectivity index (χ3v) is 4.86. The largest absolute Gasteiger partial charge is 0.484 e. The zero-order valence-corrected chi connectivity index (χ0v) is 18.4. The number of hydrogen-bond acceptors (Lipinski definition) is 4. The molecule has 2 aromatic carbocycles. The summed E-state index contributed by atoms with van der Waals surface area (Å²) in [6, 6.07) is 10.1. The van der Waals surface area contributed by atoms with E-state index in [9.17, 15) is 23.5 Å². The topological polar surface area (TPSA) is 76.1 Å². The molecule has 0 aliphatic carbocycles. The summed E-state index contributed by atoms with van der Waals surface area (Å²) in [5.41, 5.74) is 1.00. The number of unbranched alkanes of at least 4 members (excludes halogenated alkanes) is 1. The normalized spacial score (nSPS) is 11.8. The molecule has 174 valence electrons. The van der Waals surface area contributed by atoms with Crippen LogP contribution < -0.4 is 4.74 Å². The van der Waals surface area contributed by atoms with Crippen molar-refractivity contribution >= 4 is 11.9 Å². The monoisotopic (exact) mass is 449 g/mol. The number of nitrogens with zero attached hydrogens (tertiary/aromatic N) is 1. The van der Waals surface area contributed by atoms with E-state index in [1.54, 1.807) is 31.2 Å². The van der Waals surface area contributed by atoms with Gasteiger partial charge in [0.15, 0.2) is 12.7 Å². The van der Waals surface area contributed by atoms with Crippen LogP contribution in [0.4, 0.5) is 8.78 Å². The third-order valence-electron chi connectivity index (χ3n) is 4.86. The van der Waals surface area contributed by atoms with E-state index in [4.69, 9.17) is 9.47 Å². The summed E-state index contributed by atoms with van der Waals surface area (Å²) < 4.78 is 38.0. The number of halogens is 2. The molecule has 0 saturated carbocycles. The van der Waals surface area contributed by atoms with E-state index in [2.05, 4.69) is 0 Å². The molecule has 1 atom stereocenters. The van der Waals surface area contributed by atoms with E-state index in [0.717, 1.165) is 24.5 Å². The minimum atomic E-state index is -1.03. The van der Waals surface area contributed by atoms with Crippen molar-refractivity contribution in [2.45, 2.75) is 45.8 Å². The van der Waals surface area contributed by atoms with Gasteiger partial charge in [0.05, 0.1) is 0 Å². The van der Waals surface area contributed by atoms with Crippen molar-refractivity contribution in [2.24, 2.45) is 0 Å². The van der Waals surface area contributed by atoms with Gasteiger partial charge in [-0.3, -0.25) is 4.79 Å². The molecule has 0 aliphatic rings. The molecule has 1 amide bonds. The van der Waals surface area contributed by atoms with Crippen molar-refractivity contribution < 1.29 is 33.0 Å². The molecular weight excluding hydrogens is 420 g/mol. The summed E-state index contributed by atoms with van der Waals surface area (Å²) in [6.07, 6.45) is 0.897. The fourth-order valence-corrected chi connectivity index (χ4v) is 3.09. The molecule has 0 saturated heterocycles. The molecule has 0 radical (unpaired) electrons. The molecule has 2 rings (SSSR count). The van der Waals surface area contributed by atoms with Gasteiger partial charge < -0.3 is 19.5 Å². The van der Waals surface area contributed by atoms with Gasteiger partial charge >= 0.3 is 5.97 Å². The number of hydrogen-bond donors (Lipinski definition) is 1. The number of rotatable bonds is 13. The molecule has 0 aliphatic heterocycles. The number of aliphatic carboxylic acids is 1. The highest BCUT2D eigenvalue weighted by atomic mass is 19.1. The molecule has 0 bridgehead atoms. The van der Waals surface area contributed by atoms with Crippen molar-refractivity contribution in [3.63, 3.8) is 0 Å². The number of benzene rings is 2. The summed E-state index contributed by atoms with van der Waals surface area (Å²) >= 11 is 0. The summed E-state index contributed by atoms with van der Waals surface area (Å²) in [7, 11) is 0. The Labute approximate surface area is 186 Å². The molecule has 0 aromatic heterocycles. The highest BCUT2D eigenvalue weighted by molar-refractivity contribution is 5.77. The first-order valence-corrected chi connectivity index (χ1v) is 10.6. The Bertz CT molecular complexity index is 888. The average Bonchev–Trinajstić information content (AvgIpc) is 2.76.